The maximum Gasteiger partial charge on any atom is 0.416 e. The highest BCUT2D eigenvalue weighted by Gasteiger charge is 2.58. The molecule has 4 aliphatic heterocycles. The van der Waals surface area contributed by atoms with Gasteiger partial charge in [0.15, 0.2) is 29.2 Å². The minimum atomic E-state index is -1.47. The zero-order valence-electron chi connectivity index (χ0n) is 46.1. The molecule has 0 radical (unpaired) electrons. The van der Waals surface area contributed by atoms with Gasteiger partial charge in [-0.1, -0.05) is 38.1 Å². The Kier molecular flexibility index (Phi) is 17.2. The van der Waals surface area contributed by atoms with Gasteiger partial charge in [-0.05, 0) is 97.0 Å². The Labute approximate surface area is 468 Å². The first-order valence-electron chi connectivity index (χ1n) is 27.0. The summed E-state index contributed by atoms with van der Waals surface area (Å²) in [7, 11) is 4.58. The van der Waals surface area contributed by atoms with Gasteiger partial charge in [0.2, 0.25) is 23.6 Å². The van der Waals surface area contributed by atoms with Gasteiger partial charge in [0, 0.05) is 43.5 Å². The lowest BCUT2D eigenvalue weighted by molar-refractivity contribution is -0.132. The summed E-state index contributed by atoms with van der Waals surface area (Å²) in [5.74, 6) is -1.14. The quantitative estimate of drug-likeness (QED) is 0.0570. The number of nitrogens with one attached hydrogen (secondary N) is 5. The Balaban J connectivity index is 0.828. The number of benzene rings is 4. The Morgan fingerprint density at radius 3 is 2.12 bits per heavy atom. The fourth-order valence-electron chi connectivity index (χ4n) is 10.5. The van der Waals surface area contributed by atoms with Crippen LogP contribution in [-0.2, 0) is 30.5 Å². The van der Waals surface area contributed by atoms with E-state index in [1.807, 2.05) is 30.5 Å². The molecule has 430 valence electrons. The Morgan fingerprint density at radius 2 is 1.48 bits per heavy atom. The SMILES string of the molecule is COc1ccc(C2=CN3C(=O)c4cc(OC)c(OCCCOc5cc6c(cc5OC)C(=O)N5CC7(CC7)C[C@H]5C(O)N6C(=O)OCc5ccc(NC(=O)[C@H](C)NC(=O)[C@@H](NC(=O)CNC(=O)CN)C(C)C)cc5)cc4NC[C@@H]3C2)cc1. The highest BCUT2D eigenvalue weighted by Crippen LogP contribution is 2.57. The molecule has 1 saturated heterocycles. The van der Waals surface area contributed by atoms with E-state index in [9.17, 15) is 38.7 Å². The number of fused-ring (bicyclic) bond motifs is 4. The second kappa shape index (κ2) is 24.4. The number of rotatable bonds is 21. The molecule has 1 spiro atoms. The summed E-state index contributed by atoms with van der Waals surface area (Å²) in [6, 6.07) is 17.9. The molecule has 23 nitrogen and oxygen atoms in total. The van der Waals surface area contributed by atoms with Gasteiger partial charge in [0.25, 0.3) is 11.8 Å². The number of carbonyl (C=O) groups is 7. The van der Waals surface area contributed by atoms with Crippen LogP contribution in [0.25, 0.3) is 5.57 Å². The number of hydrogen-bond acceptors (Lipinski definition) is 16. The van der Waals surface area contributed by atoms with E-state index in [0.717, 1.165) is 34.6 Å². The van der Waals surface area contributed by atoms with Crippen LogP contribution in [0.15, 0.2) is 79.0 Å². The first kappa shape index (κ1) is 57.1. The summed E-state index contributed by atoms with van der Waals surface area (Å²) in [5, 5.41) is 25.8. The fraction of sp³-hybridized carbons (Fsp3) is 0.431. The summed E-state index contributed by atoms with van der Waals surface area (Å²) in [4.78, 5) is 97.4. The van der Waals surface area contributed by atoms with E-state index in [0.29, 0.717) is 66.4 Å². The standard InChI is InChI=1S/C58H69N9O14/c1-32(2)51(64-50(69)28-61-49(68)26-59)53(71)62-33(3)52(70)63-37-12-8-34(9-13-37)30-81-57(75)67-43-24-48(46(78-6)22-41(43)55(73)66-31-58(16-17-58)25-44(66)56(67)74)80-19-7-18-79-47-23-42-40(21-45(47)77-5)54(72)65-29-36(20-38(65)27-60-42)35-10-14-39(76-4)15-11-35/h8-15,21-24,29,32-33,38,44,51,56,60,74H,7,16-20,25-28,30-31,59H2,1-6H3,(H,61,68)(H,62,71)(H,63,70)(H,64,69)/t33-,38-,44-,51-,56?/m0/s1. The van der Waals surface area contributed by atoms with Gasteiger partial charge in [0.1, 0.15) is 24.4 Å². The molecule has 0 bridgehead atoms. The molecule has 5 atom stereocenters. The van der Waals surface area contributed by atoms with Crippen LogP contribution in [0.2, 0.25) is 0 Å². The summed E-state index contributed by atoms with van der Waals surface area (Å²) >= 11 is 0. The molecule has 1 saturated carbocycles. The monoisotopic (exact) mass is 1120 g/mol. The maximum absolute atomic E-state index is 14.4. The van der Waals surface area contributed by atoms with Crippen molar-refractivity contribution in [3.8, 4) is 28.7 Å². The lowest BCUT2D eigenvalue weighted by atomic mass is 10.0. The molecule has 7 amide bonds. The second-order valence-electron chi connectivity index (χ2n) is 21.2. The van der Waals surface area contributed by atoms with Crippen LogP contribution >= 0.6 is 0 Å². The Bertz CT molecular complexity index is 3090. The molecule has 1 aliphatic carbocycles. The number of nitrogens with two attached hydrogens (primary N) is 1. The summed E-state index contributed by atoms with van der Waals surface area (Å²) < 4.78 is 35.1. The normalized spacial score (nSPS) is 19.0. The molecule has 0 aromatic heterocycles. The van der Waals surface area contributed by atoms with Crippen LogP contribution in [0.5, 0.6) is 28.7 Å². The molecule has 5 aliphatic rings. The van der Waals surface area contributed by atoms with Crippen molar-refractivity contribution in [3.63, 3.8) is 0 Å². The van der Waals surface area contributed by atoms with Crippen molar-refractivity contribution in [2.24, 2.45) is 17.1 Å². The number of hydrogen-bond donors (Lipinski definition) is 7. The molecule has 81 heavy (non-hydrogen) atoms. The van der Waals surface area contributed by atoms with E-state index in [-0.39, 0.29) is 84.8 Å². The predicted octanol–water partition coefficient (Wildman–Crippen LogP) is 4.37. The average molecular weight is 1120 g/mol. The van der Waals surface area contributed by atoms with Crippen molar-refractivity contribution >= 4 is 64.2 Å². The van der Waals surface area contributed by atoms with E-state index in [1.54, 1.807) is 67.2 Å². The summed E-state index contributed by atoms with van der Waals surface area (Å²) in [6.45, 7) is 5.27. The van der Waals surface area contributed by atoms with E-state index in [4.69, 9.17) is 34.2 Å². The van der Waals surface area contributed by atoms with Crippen LogP contribution in [0.4, 0.5) is 21.9 Å². The summed E-state index contributed by atoms with van der Waals surface area (Å²) in [6.07, 6.45) is 2.87. The highest BCUT2D eigenvalue weighted by molar-refractivity contribution is 6.06. The number of aliphatic hydroxyl groups excluding tert-OH is 1. The number of anilines is 3. The first-order chi connectivity index (χ1) is 38.9. The molecular weight excluding hydrogens is 1050 g/mol. The topological polar surface area (TPSA) is 291 Å². The minimum Gasteiger partial charge on any atom is -0.497 e. The molecule has 9 rings (SSSR count). The van der Waals surface area contributed by atoms with E-state index in [2.05, 4.69) is 26.6 Å². The van der Waals surface area contributed by atoms with E-state index < -0.39 is 54.1 Å². The summed E-state index contributed by atoms with van der Waals surface area (Å²) in [5.41, 5.74) is 9.40. The minimum absolute atomic E-state index is 0.0749. The molecule has 4 aromatic rings. The largest absolute Gasteiger partial charge is 0.497 e. The number of aliphatic hydroxyl groups is 1. The van der Waals surface area contributed by atoms with E-state index in [1.165, 1.54) is 33.3 Å². The van der Waals surface area contributed by atoms with Gasteiger partial charge < -0.3 is 75.6 Å². The molecule has 4 heterocycles. The van der Waals surface area contributed by atoms with Gasteiger partial charge in [-0.25, -0.2) is 9.69 Å². The number of amides is 7. The van der Waals surface area contributed by atoms with Gasteiger partial charge in [-0.2, -0.15) is 0 Å². The van der Waals surface area contributed by atoms with Crippen LogP contribution in [0.3, 0.4) is 0 Å². The molecule has 8 N–H and O–H groups in total. The van der Waals surface area contributed by atoms with Crippen molar-refractivity contribution in [1.82, 2.24) is 25.8 Å². The zero-order valence-corrected chi connectivity index (χ0v) is 46.1. The molecular formula is C58H69N9O14. The van der Waals surface area contributed by atoms with E-state index >= 15 is 0 Å². The smallest absolute Gasteiger partial charge is 0.416 e. The number of nitrogens with zero attached hydrogens (tertiary/aromatic N) is 3. The third kappa shape index (κ3) is 12.6. The molecule has 23 heteroatoms. The molecule has 1 unspecified atom stereocenters. The van der Waals surface area contributed by atoms with Crippen LogP contribution in [0.1, 0.15) is 84.7 Å². The lowest BCUT2D eigenvalue weighted by Gasteiger charge is -2.31. The fourth-order valence-corrected chi connectivity index (χ4v) is 10.5. The van der Waals surface area contributed by atoms with Crippen molar-refractivity contribution in [1.29, 1.82) is 0 Å². The maximum atomic E-state index is 14.4. The number of ether oxygens (including phenoxy) is 6. The van der Waals surface area contributed by atoms with Crippen LogP contribution in [0, 0.1) is 11.3 Å². The van der Waals surface area contributed by atoms with Crippen molar-refractivity contribution < 1.29 is 67.1 Å². The number of methoxy groups -OCH3 is 3. The van der Waals surface area contributed by atoms with Gasteiger partial charge in [-0.15, -0.1) is 0 Å². The van der Waals surface area contributed by atoms with Gasteiger partial charge in [0.05, 0.1) is 82.2 Å². The van der Waals surface area contributed by atoms with Crippen LogP contribution in [-0.4, -0.2) is 148 Å². The zero-order chi connectivity index (χ0) is 57.7. The Hall–Kier alpha value is -8.57. The predicted molar refractivity (Wildman–Crippen MR) is 297 cm³/mol. The average Bonchev–Trinajstić information content (AvgIpc) is 4.18. The Morgan fingerprint density at radius 1 is 0.802 bits per heavy atom. The molecule has 4 aromatic carbocycles. The number of carbonyl (C=O) groups excluding carboxylic acids is 7. The van der Waals surface area contributed by atoms with Crippen molar-refractivity contribution in [3.05, 3.63) is 101 Å². The van der Waals surface area contributed by atoms with Crippen molar-refractivity contribution in [2.45, 2.75) is 89.9 Å². The van der Waals surface area contributed by atoms with Gasteiger partial charge in [-0.3, -0.25) is 28.8 Å². The first-order valence-corrected chi connectivity index (χ1v) is 27.0. The third-order valence-corrected chi connectivity index (χ3v) is 15.3. The van der Waals surface area contributed by atoms with Gasteiger partial charge >= 0.3 is 6.09 Å². The molecule has 2 fully saturated rings. The third-order valence-electron chi connectivity index (χ3n) is 15.3. The van der Waals surface area contributed by atoms with Crippen molar-refractivity contribution in [2.75, 3.05) is 76.3 Å². The highest BCUT2D eigenvalue weighted by atomic mass is 16.6. The second-order valence-corrected chi connectivity index (χ2v) is 21.2. The van der Waals surface area contributed by atoms with Crippen LogP contribution < -0.4 is 60.9 Å². The lowest BCUT2D eigenvalue weighted by Crippen LogP contribution is -2.55.